The molecule has 0 fully saturated rings. The molecule has 0 saturated carbocycles. The predicted molar refractivity (Wildman–Crippen MR) is 127 cm³/mol. The number of allylic oxidation sites excluding steroid dienone is 3. The fourth-order valence-corrected chi connectivity index (χ4v) is 5.42. The van der Waals surface area contributed by atoms with Gasteiger partial charge in [0.15, 0.2) is 5.78 Å². The average molecular weight is 482 g/mol. The molecule has 0 radical (unpaired) electrons. The van der Waals surface area contributed by atoms with Gasteiger partial charge in [-0.25, -0.2) is 4.79 Å². The van der Waals surface area contributed by atoms with Crippen molar-refractivity contribution < 1.29 is 28.6 Å². The van der Waals surface area contributed by atoms with Gasteiger partial charge in [-0.15, -0.1) is 11.3 Å². The van der Waals surface area contributed by atoms with Crippen molar-refractivity contribution in [3.63, 3.8) is 0 Å². The van der Waals surface area contributed by atoms with Crippen LogP contribution < -0.4 is 10.1 Å². The van der Waals surface area contributed by atoms with Crippen molar-refractivity contribution in [2.75, 3.05) is 20.3 Å². The van der Waals surface area contributed by atoms with Gasteiger partial charge in [-0.3, -0.25) is 9.59 Å². The Morgan fingerprint density at radius 1 is 1.12 bits per heavy atom. The van der Waals surface area contributed by atoms with E-state index in [0.717, 1.165) is 10.6 Å². The van der Waals surface area contributed by atoms with Crippen molar-refractivity contribution in [2.45, 2.75) is 26.2 Å². The van der Waals surface area contributed by atoms with Crippen molar-refractivity contribution in [1.29, 1.82) is 0 Å². The van der Waals surface area contributed by atoms with Crippen LogP contribution >= 0.6 is 11.3 Å². The van der Waals surface area contributed by atoms with E-state index >= 15 is 0 Å². The number of dihydropyridines is 1. The van der Waals surface area contributed by atoms with Crippen LogP contribution in [0.15, 0.2) is 70.4 Å². The van der Waals surface area contributed by atoms with E-state index in [1.54, 1.807) is 0 Å². The number of para-hydroxylation sites is 1. The number of esters is 2. The van der Waals surface area contributed by atoms with E-state index in [2.05, 4.69) is 5.32 Å². The lowest BCUT2D eigenvalue weighted by Crippen LogP contribution is -2.43. The first kappa shape index (κ1) is 23.8. The quantitative estimate of drug-likeness (QED) is 0.363. The monoisotopic (exact) mass is 481 g/mol. The summed E-state index contributed by atoms with van der Waals surface area (Å²) in [5.41, 5.74) is 2.20. The van der Waals surface area contributed by atoms with Gasteiger partial charge in [0.25, 0.3) is 0 Å². The Labute approximate surface area is 202 Å². The summed E-state index contributed by atoms with van der Waals surface area (Å²) in [4.78, 5) is 40.1. The second-order valence-corrected chi connectivity index (χ2v) is 9.33. The van der Waals surface area contributed by atoms with Crippen LogP contribution in [0.5, 0.6) is 5.75 Å². The second kappa shape index (κ2) is 10.3. The lowest BCUT2D eigenvalue weighted by molar-refractivity contribution is -0.151. The Hall–Kier alpha value is -3.39. The minimum atomic E-state index is -0.900. The van der Waals surface area contributed by atoms with Gasteiger partial charge < -0.3 is 19.5 Å². The van der Waals surface area contributed by atoms with Crippen LogP contribution in [0.2, 0.25) is 0 Å². The number of carbonyl (C=O) groups is 3. The fraction of sp³-hybridized carbons (Fsp3) is 0.346. The largest absolute Gasteiger partial charge is 0.490 e. The second-order valence-electron chi connectivity index (χ2n) is 8.35. The average Bonchev–Trinajstić information content (AvgIpc) is 3.36. The molecule has 2 aromatic rings. The number of thiophene rings is 1. The maximum absolute atomic E-state index is 13.6. The number of hydrogen-bond acceptors (Lipinski definition) is 8. The zero-order valence-electron chi connectivity index (χ0n) is 19.3. The van der Waals surface area contributed by atoms with E-state index in [1.807, 2.05) is 61.7 Å². The number of methoxy groups -OCH3 is 1. The minimum absolute atomic E-state index is 0.0589. The van der Waals surface area contributed by atoms with Gasteiger partial charge in [0.05, 0.1) is 18.6 Å². The topological polar surface area (TPSA) is 90.9 Å². The van der Waals surface area contributed by atoms with Crippen molar-refractivity contribution in [3.05, 3.63) is 75.3 Å². The third-order valence-corrected chi connectivity index (χ3v) is 7.06. The Bertz CT molecular complexity index is 1140. The molecule has 0 saturated heterocycles. The zero-order valence-corrected chi connectivity index (χ0v) is 20.1. The van der Waals surface area contributed by atoms with Gasteiger partial charge in [-0.1, -0.05) is 31.2 Å². The molecule has 0 unspecified atom stereocenters. The third-order valence-electron chi connectivity index (χ3n) is 6.12. The summed E-state index contributed by atoms with van der Waals surface area (Å²) < 4.78 is 16.1. The van der Waals surface area contributed by atoms with E-state index in [4.69, 9.17) is 14.2 Å². The summed E-state index contributed by atoms with van der Waals surface area (Å²) in [7, 11) is 1.28. The summed E-state index contributed by atoms with van der Waals surface area (Å²) in [5, 5.41) is 5.15. The van der Waals surface area contributed by atoms with Crippen molar-refractivity contribution in [2.24, 2.45) is 11.8 Å². The van der Waals surface area contributed by atoms with Crippen LogP contribution in [0, 0.1) is 11.8 Å². The van der Waals surface area contributed by atoms with Crippen LogP contribution in [-0.4, -0.2) is 38.0 Å². The highest BCUT2D eigenvalue weighted by Crippen LogP contribution is 2.46. The molecule has 34 heavy (non-hydrogen) atoms. The summed E-state index contributed by atoms with van der Waals surface area (Å²) in [6.07, 6.45) is 0.507. The number of nitrogens with one attached hydrogen (secondary N) is 1. The Morgan fingerprint density at radius 3 is 2.56 bits per heavy atom. The maximum Gasteiger partial charge on any atom is 0.336 e. The molecule has 0 spiro atoms. The molecule has 3 atom stereocenters. The number of Topliss-reactive ketones (excluding diaryl/α,β-unsaturated/α-hetero) is 1. The normalized spacial score (nSPS) is 22.1. The Morgan fingerprint density at radius 2 is 1.88 bits per heavy atom. The SMILES string of the molecule is COC(=O)[C@@H]1C(=O)C2=C(C[C@@H]1C)NC(C)=C(C(=O)OCCOc1ccccc1)[C@@H]2c1cccs1. The molecule has 0 amide bonds. The van der Waals surface area contributed by atoms with E-state index in [-0.39, 0.29) is 24.9 Å². The molecule has 7 nitrogen and oxygen atoms in total. The number of hydrogen-bond donors (Lipinski definition) is 1. The molecule has 178 valence electrons. The van der Waals surface area contributed by atoms with E-state index in [1.165, 1.54) is 18.4 Å². The highest BCUT2D eigenvalue weighted by atomic mass is 32.1. The van der Waals surface area contributed by atoms with Crippen LogP contribution in [-0.2, 0) is 23.9 Å². The van der Waals surface area contributed by atoms with Crippen LogP contribution in [0.4, 0.5) is 0 Å². The molecule has 2 heterocycles. The molecule has 1 N–H and O–H groups in total. The molecule has 0 bridgehead atoms. The zero-order chi connectivity index (χ0) is 24.2. The van der Waals surface area contributed by atoms with Gasteiger partial charge >= 0.3 is 11.9 Å². The molecule has 1 aromatic heterocycles. The minimum Gasteiger partial charge on any atom is -0.490 e. The van der Waals surface area contributed by atoms with Crippen molar-refractivity contribution in [1.82, 2.24) is 5.32 Å². The van der Waals surface area contributed by atoms with Crippen molar-refractivity contribution in [3.8, 4) is 5.75 Å². The van der Waals surface area contributed by atoms with E-state index in [9.17, 15) is 14.4 Å². The molecule has 1 aliphatic heterocycles. The molecular formula is C26H27NO6S. The van der Waals surface area contributed by atoms with Gasteiger partial charge in [0, 0.05) is 21.8 Å². The molecule has 4 rings (SSSR count). The number of ether oxygens (including phenoxy) is 3. The first-order valence-corrected chi connectivity index (χ1v) is 12.0. The van der Waals surface area contributed by atoms with E-state index < -0.39 is 23.8 Å². The number of ketones is 1. The summed E-state index contributed by atoms with van der Waals surface area (Å²) >= 11 is 1.46. The Kier molecular flexibility index (Phi) is 7.17. The first-order valence-electron chi connectivity index (χ1n) is 11.1. The van der Waals surface area contributed by atoms with Gasteiger partial charge in [0.2, 0.25) is 0 Å². The van der Waals surface area contributed by atoms with E-state index in [0.29, 0.717) is 29.0 Å². The van der Waals surface area contributed by atoms with Gasteiger partial charge in [-0.2, -0.15) is 0 Å². The lowest BCUT2D eigenvalue weighted by atomic mass is 9.70. The first-order chi connectivity index (χ1) is 16.4. The Balaban J connectivity index is 1.59. The smallest absolute Gasteiger partial charge is 0.336 e. The molecular weight excluding hydrogens is 454 g/mol. The summed E-state index contributed by atoms with van der Waals surface area (Å²) in [5.74, 6) is -2.41. The predicted octanol–water partition coefficient (Wildman–Crippen LogP) is 3.98. The highest BCUT2D eigenvalue weighted by Gasteiger charge is 2.47. The van der Waals surface area contributed by atoms with Crippen LogP contribution in [0.3, 0.4) is 0 Å². The molecule has 1 aromatic carbocycles. The summed E-state index contributed by atoms with van der Waals surface area (Å²) in [6.45, 7) is 3.93. The summed E-state index contributed by atoms with van der Waals surface area (Å²) in [6, 6.07) is 13.0. The molecule has 1 aliphatic carbocycles. The van der Waals surface area contributed by atoms with Crippen LogP contribution in [0.25, 0.3) is 0 Å². The van der Waals surface area contributed by atoms with Crippen LogP contribution in [0.1, 0.15) is 31.1 Å². The molecule has 2 aliphatic rings. The van der Waals surface area contributed by atoms with Gasteiger partial charge in [0.1, 0.15) is 24.9 Å². The highest BCUT2D eigenvalue weighted by molar-refractivity contribution is 7.10. The van der Waals surface area contributed by atoms with Crippen molar-refractivity contribution >= 4 is 29.1 Å². The fourth-order valence-electron chi connectivity index (χ4n) is 4.58. The number of carbonyl (C=O) groups excluding carboxylic acids is 3. The third kappa shape index (κ3) is 4.63. The maximum atomic E-state index is 13.6. The van der Waals surface area contributed by atoms with Gasteiger partial charge in [-0.05, 0) is 42.8 Å². The standard InChI is InChI=1S/C26H27NO6S/c1-15-14-18-22(24(28)20(15)25(29)31-3)23(19-10-7-13-34-19)21(16(2)27-18)26(30)33-12-11-32-17-8-5-4-6-9-17/h4-10,13,15,20,23,27H,11-12,14H2,1-3H3/t15-,20-,23-/m0/s1. The number of benzene rings is 1. The number of rotatable bonds is 7. The lowest BCUT2D eigenvalue weighted by Gasteiger charge is -2.37. The molecule has 8 heteroatoms.